The van der Waals surface area contributed by atoms with Crippen LogP contribution in [-0.2, 0) is 23.5 Å². The highest BCUT2D eigenvalue weighted by molar-refractivity contribution is 8.14. The van der Waals surface area contributed by atoms with Crippen LogP contribution in [-0.4, -0.2) is 63.4 Å². The molecule has 0 aliphatic rings. The fourth-order valence-corrected chi connectivity index (χ4v) is 3.00. The number of thioether (sulfide) groups is 1. The summed E-state index contributed by atoms with van der Waals surface area (Å²) < 4.78 is 15.1. The van der Waals surface area contributed by atoms with Gasteiger partial charge in [-0.05, 0) is 12.5 Å². The number of carbonyl (C=O) groups is 3. The molecule has 0 rings (SSSR count). The predicted molar refractivity (Wildman–Crippen MR) is 110 cm³/mol. The van der Waals surface area contributed by atoms with Crippen LogP contribution in [0.1, 0.15) is 40.0 Å². The Morgan fingerprint density at radius 2 is 1.86 bits per heavy atom. The van der Waals surface area contributed by atoms with Gasteiger partial charge >= 0.3 is 7.82 Å². The molecule has 0 aliphatic heterocycles. The van der Waals surface area contributed by atoms with Crippen molar-refractivity contribution in [3.05, 3.63) is 12.2 Å². The van der Waals surface area contributed by atoms with Crippen LogP contribution in [0.2, 0.25) is 0 Å². The molecule has 0 fully saturated rings. The van der Waals surface area contributed by atoms with Crippen molar-refractivity contribution < 1.29 is 38.4 Å². The number of aliphatic hydroxyl groups is 1. The summed E-state index contributed by atoms with van der Waals surface area (Å²) in [5.74, 6) is -0.671. The van der Waals surface area contributed by atoms with Gasteiger partial charge in [0, 0.05) is 30.7 Å². The zero-order valence-corrected chi connectivity index (χ0v) is 18.6. The van der Waals surface area contributed by atoms with E-state index in [0.29, 0.717) is 12.3 Å². The van der Waals surface area contributed by atoms with Gasteiger partial charge < -0.3 is 25.5 Å². The Labute approximate surface area is 175 Å². The van der Waals surface area contributed by atoms with Gasteiger partial charge in [-0.15, -0.1) is 0 Å². The Hall–Kier alpha value is -1.23. The molecule has 12 heteroatoms. The average molecular weight is 454 g/mol. The van der Waals surface area contributed by atoms with E-state index in [9.17, 15) is 24.1 Å². The van der Waals surface area contributed by atoms with E-state index < -0.39 is 31.9 Å². The minimum Gasteiger partial charge on any atom is -0.383 e. The number of phosphoric ester groups is 1. The standard InChI is InChI=1S/C17H31N2O8PS/c1-4-5-6-7-14(21)29-11-10-18-13(20)8-9-19-16(23)15(22)17(2,3)12-27-28(24,25)26/h6-7,15,22H,4-5,8-12H2,1-3H3,(H,18,20)(H,19,23)(H2,24,25,26)/b7-6-/t15-/m0/s1. The molecule has 10 nitrogen and oxygen atoms in total. The lowest BCUT2D eigenvalue weighted by molar-refractivity contribution is -0.137. The molecular formula is C17H31N2O8PS. The third-order valence-corrected chi connectivity index (χ3v) is 4.92. The van der Waals surface area contributed by atoms with E-state index in [1.165, 1.54) is 19.9 Å². The van der Waals surface area contributed by atoms with E-state index in [1.807, 2.05) is 13.0 Å². The molecular weight excluding hydrogens is 423 g/mol. The summed E-state index contributed by atoms with van der Waals surface area (Å²) in [6, 6.07) is 0. The highest BCUT2D eigenvalue weighted by Crippen LogP contribution is 2.38. The number of phosphoric acid groups is 1. The van der Waals surface area contributed by atoms with E-state index in [1.54, 1.807) is 0 Å². The van der Waals surface area contributed by atoms with Crippen LogP contribution in [0.4, 0.5) is 0 Å². The molecule has 0 aliphatic carbocycles. The molecule has 0 heterocycles. The minimum absolute atomic E-state index is 0.0209. The molecule has 168 valence electrons. The van der Waals surface area contributed by atoms with Crippen molar-refractivity contribution >= 4 is 36.5 Å². The summed E-state index contributed by atoms with van der Waals surface area (Å²) in [6.07, 6.45) is 3.54. The quantitative estimate of drug-likeness (QED) is 0.145. The number of aliphatic hydroxyl groups excluding tert-OH is 1. The molecule has 2 amide bonds. The first-order valence-electron chi connectivity index (χ1n) is 9.15. The Morgan fingerprint density at radius 1 is 1.21 bits per heavy atom. The van der Waals surface area contributed by atoms with E-state index >= 15 is 0 Å². The molecule has 0 spiro atoms. The zero-order valence-electron chi connectivity index (χ0n) is 16.9. The van der Waals surface area contributed by atoms with E-state index in [2.05, 4.69) is 15.2 Å². The highest BCUT2D eigenvalue weighted by atomic mass is 32.2. The van der Waals surface area contributed by atoms with Crippen LogP contribution in [0.3, 0.4) is 0 Å². The molecule has 0 saturated carbocycles. The second-order valence-electron chi connectivity index (χ2n) is 6.90. The van der Waals surface area contributed by atoms with Crippen LogP contribution in [0.5, 0.6) is 0 Å². The number of nitrogens with one attached hydrogen (secondary N) is 2. The lowest BCUT2D eigenvalue weighted by Crippen LogP contribution is -2.46. The fraction of sp³-hybridized carbons (Fsp3) is 0.706. The third-order valence-electron chi connectivity index (χ3n) is 3.62. The zero-order chi connectivity index (χ0) is 22.5. The number of allylic oxidation sites excluding steroid dienone is 1. The van der Waals surface area contributed by atoms with Crippen molar-refractivity contribution in [2.24, 2.45) is 5.41 Å². The Kier molecular flexibility index (Phi) is 13.3. The van der Waals surface area contributed by atoms with Gasteiger partial charge in [0.2, 0.25) is 16.9 Å². The van der Waals surface area contributed by atoms with Crippen molar-refractivity contribution in [2.75, 3.05) is 25.4 Å². The van der Waals surface area contributed by atoms with Crippen LogP contribution >= 0.6 is 19.6 Å². The molecule has 0 unspecified atom stereocenters. The van der Waals surface area contributed by atoms with Crippen molar-refractivity contribution in [1.82, 2.24) is 10.6 Å². The fourth-order valence-electron chi connectivity index (χ4n) is 1.90. The summed E-state index contributed by atoms with van der Waals surface area (Å²) in [5.41, 5.74) is -1.25. The Morgan fingerprint density at radius 3 is 2.45 bits per heavy atom. The normalized spacial score (nSPS) is 13.3. The first-order valence-corrected chi connectivity index (χ1v) is 11.7. The highest BCUT2D eigenvalue weighted by Gasteiger charge is 2.35. The van der Waals surface area contributed by atoms with Crippen LogP contribution in [0.15, 0.2) is 12.2 Å². The second kappa shape index (κ2) is 13.9. The first-order chi connectivity index (χ1) is 13.4. The van der Waals surface area contributed by atoms with Crippen LogP contribution < -0.4 is 10.6 Å². The third kappa shape index (κ3) is 14.4. The van der Waals surface area contributed by atoms with E-state index in [-0.39, 0.29) is 24.0 Å². The van der Waals surface area contributed by atoms with Crippen LogP contribution in [0, 0.1) is 5.41 Å². The number of amides is 2. The molecule has 5 N–H and O–H groups in total. The Balaban J connectivity index is 4.06. The SMILES string of the molecule is CCC/C=C\C(=O)SCCNC(=O)CCNC(=O)[C@H](O)C(C)(C)COP(=O)(O)O. The van der Waals surface area contributed by atoms with Gasteiger partial charge in [-0.25, -0.2) is 4.57 Å². The van der Waals surface area contributed by atoms with Gasteiger partial charge in [-0.1, -0.05) is 45.0 Å². The smallest absolute Gasteiger partial charge is 0.383 e. The summed E-state index contributed by atoms with van der Waals surface area (Å²) >= 11 is 1.10. The minimum atomic E-state index is -4.72. The first kappa shape index (κ1) is 27.8. The van der Waals surface area contributed by atoms with Gasteiger partial charge in [-0.2, -0.15) is 0 Å². The maximum absolute atomic E-state index is 11.9. The van der Waals surface area contributed by atoms with Gasteiger partial charge in [0.25, 0.3) is 0 Å². The predicted octanol–water partition coefficient (Wildman–Crippen LogP) is 0.721. The van der Waals surface area contributed by atoms with E-state index in [4.69, 9.17) is 9.79 Å². The molecule has 29 heavy (non-hydrogen) atoms. The largest absolute Gasteiger partial charge is 0.469 e. The van der Waals surface area contributed by atoms with Gasteiger partial charge in [0.15, 0.2) is 0 Å². The number of hydrogen-bond acceptors (Lipinski definition) is 7. The summed E-state index contributed by atoms with van der Waals surface area (Å²) in [4.78, 5) is 52.6. The molecule has 0 aromatic rings. The topological polar surface area (TPSA) is 162 Å². The summed E-state index contributed by atoms with van der Waals surface area (Å²) in [6.45, 7) is 4.59. The number of rotatable bonds is 14. The lowest BCUT2D eigenvalue weighted by Gasteiger charge is -2.29. The maximum Gasteiger partial charge on any atom is 0.469 e. The van der Waals surface area contributed by atoms with Gasteiger partial charge in [-0.3, -0.25) is 18.9 Å². The van der Waals surface area contributed by atoms with Crippen molar-refractivity contribution in [1.29, 1.82) is 0 Å². The molecule has 0 radical (unpaired) electrons. The molecule has 1 atom stereocenters. The van der Waals surface area contributed by atoms with Gasteiger partial charge in [0.05, 0.1) is 6.61 Å². The molecule has 0 aromatic carbocycles. The average Bonchev–Trinajstić information content (AvgIpc) is 2.62. The summed E-state index contributed by atoms with van der Waals surface area (Å²) in [7, 11) is -4.72. The Bertz CT molecular complexity index is 621. The van der Waals surface area contributed by atoms with Gasteiger partial charge in [0.1, 0.15) is 6.10 Å². The summed E-state index contributed by atoms with van der Waals surface area (Å²) in [5, 5.41) is 15.0. The maximum atomic E-state index is 11.9. The van der Waals surface area contributed by atoms with Crippen molar-refractivity contribution in [3.8, 4) is 0 Å². The lowest BCUT2D eigenvalue weighted by atomic mass is 9.87. The number of carbonyl (C=O) groups excluding carboxylic acids is 3. The van der Waals surface area contributed by atoms with Crippen molar-refractivity contribution in [3.63, 3.8) is 0 Å². The number of hydrogen-bond donors (Lipinski definition) is 5. The van der Waals surface area contributed by atoms with Crippen molar-refractivity contribution in [2.45, 2.75) is 46.1 Å². The molecule has 0 aromatic heterocycles. The van der Waals surface area contributed by atoms with Crippen LogP contribution in [0.25, 0.3) is 0 Å². The molecule has 0 saturated heterocycles. The molecule has 0 bridgehead atoms. The van der Waals surface area contributed by atoms with E-state index in [0.717, 1.165) is 24.6 Å². The number of unbranched alkanes of at least 4 members (excludes halogenated alkanes) is 1. The second-order valence-corrected chi connectivity index (χ2v) is 9.24. The monoisotopic (exact) mass is 454 g/mol.